The molecule has 0 saturated heterocycles. The standard InChI is InChI=1S/C15H12BrNO2Se2/c1-20-15(14(16)11-5-3-2-4-6-11)21-13-9-7-12(8-10-13)17(18)19/h2-10H,1H3/b15-14+. The zero-order chi connectivity index (χ0) is 15.2. The van der Waals surface area contributed by atoms with E-state index in [9.17, 15) is 10.1 Å². The van der Waals surface area contributed by atoms with Gasteiger partial charge in [-0.25, -0.2) is 0 Å². The number of benzene rings is 2. The van der Waals surface area contributed by atoms with Crippen molar-refractivity contribution in [2.24, 2.45) is 0 Å². The Hall–Kier alpha value is -0.901. The SMILES string of the molecule is C[Se]/C([Se]c1ccc([N+](=O)[O-])cc1)=C(\Br)c1ccccc1. The van der Waals surface area contributed by atoms with Crippen molar-refractivity contribution in [2.75, 3.05) is 0 Å². The fraction of sp³-hybridized carbons (Fsp3) is 0.0667. The molecule has 0 amide bonds. The summed E-state index contributed by atoms with van der Waals surface area (Å²) in [5.41, 5.74) is 1.32. The summed E-state index contributed by atoms with van der Waals surface area (Å²) < 4.78 is 3.71. The Morgan fingerprint density at radius 1 is 1.10 bits per heavy atom. The summed E-state index contributed by atoms with van der Waals surface area (Å²) in [7, 11) is 0. The van der Waals surface area contributed by atoms with E-state index in [1.54, 1.807) is 12.1 Å². The van der Waals surface area contributed by atoms with Gasteiger partial charge in [0.15, 0.2) is 0 Å². The van der Waals surface area contributed by atoms with Gasteiger partial charge in [-0.05, 0) is 0 Å². The predicted octanol–water partition coefficient (Wildman–Crippen LogP) is 3.40. The van der Waals surface area contributed by atoms with Gasteiger partial charge < -0.3 is 0 Å². The molecule has 0 fully saturated rings. The Balaban J connectivity index is 2.24. The second-order valence-corrected chi connectivity index (χ2v) is 10.1. The predicted molar refractivity (Wildman–Crippen MR) is 92.4 cm³/mol. The van der Waals surface area contributed by atoms with Gasteiger partial charge in [0.05, 0.1) is 0 Å². The number of nitrogens with zero attached hydrogens (tertiary/aromatic N) is 1. The third kappa shape index (κ3) is 4.53. The van der Waals surface area contributed by atoms with E-state index in [0.717, 1.165) is 8.94 Å². The molecule has 2 aromatic carbocycles. The zero-order valence-corrected chi connectivity index (χ0v) is 16.2. The van der Waals surface area contributed by atoms with Crippen molar-refractivity contribution in [2.45, 2.75) is 5.82 Å². The summed E-state index contributed by atoms with van der Waals surface area (Å²) in [6.45, 7) is 0. The first-order chi connectivity index (χ1) is 10.1. The minimum absolute atomic E-state index is 0.143. The summed E-state index contributed by atoms with van der Waals surface area (Å²) in [6, 6.07) is 17.1. The van der Waals surface area contributed by atoms with Crippen LogP contribution >= 0.6 is 15.9 Å². The molecule has 0 aliphatic carbocycles. The minimum atomic E-state index is -0.364. The summed E-state index contributed by atoms with van der Waals surface area (Å²) in [5.74, 6) is 2.19. The molecule has 0 N–H and O–H groups in total. The summed E-state index contributed by atoms with van der Waals surface area (Å²) in [5, 5.41) is 10.7. The van der Waals surface area contributed by atoms with Crippen LogP contribution in [0.1, 0.15) is 5.56 Å². The van der Waals surface area contributed by atoms with E-state index in [1.807, 2.05) is 30.3 Å². The van der Waals surface area contributed by atoms with Crippen molar-refractivity contribution in [1.82, 2.24) is 0 Å². The normalized spacial score (nSPS) is 11.9. The van der Waals surface area contributed by atoms with Gasteiger partial charge in [-0.2, -0.15) is 0 Å². The monoisotopic (exact) mass is 477 g/mol. The molecule has 0 saturated carbocycles. The van der Waals surface area contributed by atoms with Gasteiger partial charge in [-0.3, -0.25) is 0 Å². The summed E-state index contributed by atoms with van der Waals surface area (Å²) >= 11 is 4.27. The molecule has 0 aliphatic rings. The first-order valence-electron chi connectivity index (χ1n) is 6.03. The molecule has 0 radical (unpaired) electrons. The molecule has 21 heavy (non-hydrogen) atoms. The number of nitro benzene ring substituents is 1. The number of halogens is 1. The molecule has 3 nitrogen and oxygen atoms in total. The Morgan fingerprint density at radius 3 is 2.24 bits per heavy atom. The fourth-order valence-corrected chi connectivity index (χ4v) is 7.36. The van der Waals surface area contributed by atoms with Gasteiger partial charge in [-0.1, -0.05) is 0 Å². The van der Waals surface area contributed by atoms with E-state index >= 15 is 0 Å². The summed E-state index contributed by atoms with van der Waals surface area (Å²) in [6.07, 6.45) is 0. The average Bonchev–Trinajstić information content (AvgIpc) is 2.53. The first-order valence-corrected chi connectivity index (χ1v) is 11.1. The maximum absolute atomic E-state index is 10.7. The number of hydrogen-bond donors (Lipinski definition) is 0. The fourth-order valence-electron chi connectivity index (χ4n) is 1.62. The Bertz CT molecular complexity index is 657. The van der Waals surface area contributed by atoms with E-state index in [2.05, 4.69) is 33.9 Å². The van der Waals surface area contributed by atoms with Crippen molar-refractivity contribution in [3.05, 3.63) is 73.6 Å². The van der Waals surface area contributed by atoms with Crippen molar-refractivity contribution >= 4 is 60.5 Å². The van der Waals surface area contributed by atoms with Crippen LogP contribution in [0.2, 0.25) is 5.82 Å². The molecular weight excluding hydrogens is 464 g/mol. The van der Waals surface area contributed by atoms with Crippen molar-refractivity contribution < 1.29 is 4.92 Å². The number of rotatable bonds is 5. The molecule has 0 bridgehead atoms. The Morgan fingerprint density at radius 2 is 1.71 bits per heavy atom. The molecule has 0 aliphatic heterocycles. The van der Waals surface area contributed by atoms with Crippen molar-refractivity contribution in [3.8, 4) is 0 Å². The molecule has 0 aromatic heterocycles. The second kappa shape index (κ2) is 7.92. The molecule has 0 heterocycles. The van der Waals surface area contributed by atoms with Crippen LogP contribution in [0.15, 0.2) is 58.0 Å². The van der Waals surface area contributed by atoms with Crippen LogP contribution < -0.4 is 4.46 Å². The number of hydrogen-bond acceptors (Lipinski definition) is 2. The molecule has 6 heteroatoms. The van der Waals surface area contributed by atoms with Gasteiger partial charge in [0.25, 0.3) is 0 Å². The molecule has 0 unspecified atom stereocenters. The molecule has 0 atom stereocenters. The second-order valence-electron chi connectivity index (χ2n) is 4.02. The molecule has 2 aromatic rings. The molecule has 2 rings (SSSR count). The first kappa shape index (κ1) is 16.5. The van der Waals surface area contributed by atoms with Crippen LogP contribution in [0.3, 0.4) is 0 Å². The topological polar surface area (TPSA) is 43.1 Å². The van der Waals surface area contributed by atoms with Crippen LogP contribution in [-0.4, -0.2) is 34.8 Å². The Kier molecular flexibility index (Phi) is 6.21. The van der Waals surface area contributed by atoms with Gasteiger partial charge in [0, 0.05) is 0 Å². The Labute approximate surface area is 144 Å². The van der Waals surface area contributed by atoms with E-state index < -0.39 is 0 Å². The molecular formula is C15H12BrNO2Se2. The van der Waals surface area contributed by atoms with Crippen LogP contribution in [0.5, 0.6) is 0 Å². The van der Waals surface area contributed by atoms with Gasteiger partial charge in [-0.15, -0.1) is 0 Å². The third-order valence-electron chi connectivity index (χ3n) is 2.65. The van der Waals surface area contributed by atoms with Gasteiger partial charge in [0.1, 0.15) is 0 Å². The van der Waals surface area contributed by atoms with Crippen LogP contribution in [0.25, 0.3) is 4.48 Å². The number of non-ortho nitro benzene ring substituents is 1. The zero-order valence-electron chi connectivity index (χ0n) is 11.2. The van der Waals surface area contributed by atoms with Crippen molar-refractivity contribution in [3.63, 3.8) is 0 Å². The van der Waals surface area contributed by atoms with E-state index in [-0.39, 0.29) is 25.6 Å². The van der Waals surface area contributed by atoms with Crippen LogP contribution in [0.4, 0.5) is 5.69 Å². The van der Waals surface area contributed by atoms with E-state index in [0.29, 0.717) is 15.0 Å². The van der Waals surface area contributed by atoms with E-state index in [4.69, 9.17) is 0 Å². The third-order valence-corrected chi connectivity index (χ3v) is 10.5. The average molecular weight is 476 g/mol. The molecule has 108 valence electrons. The van der Waals surface area contributed by atoms with Gasteiger partial charge in [0.2, 0.25) is 0 Å². The summed E-state index contributed by atoms with van der Waals surface area (Å²) in [4.78, 5) is 10.3. The van der Waals surface area contributed by atoms with Crippen LogP contribution in [0, 0.1) is 10.1 Å². The van der Waals surface area contributed by atoms with Gasteiger partial charge >= 0.3 is 145 Å². The van der Waals surface area contributed by atoms with Crippen LogP contribution in [-0.2, 0) is 0 Å². The maximum atomic E-state index is 10.7. The molecule has 0 spiro atoms. The van der Waals surface area contributed by atoms with Crippen molar-refractivity contribution in [1.29, 1.82) is 0 Å². The quantitative estimate of drug-likeness (QED) is 0.378. The van der Waals surface area contributed by atoms with E-state index in [1.165, 1.54) is 8.93 Å². The number of nitro groups is 1.